The number of nitrogens with one attached hydrogen (secondary N) is 1. The zero-order valence-electron chi connectivity index (χ0n) is 13.6. The molecule has 0 spiro atoms. The molecule has 2 rings (SSSR count). The number of hydrogen-bond acceptors (Lipinski definition) is 4. The van der Waals surface area contributed by atoms with Crippen LogP contribution in [-0.2, 0) is 20.7 Å². The molecule has 0 atom stereocenters. The van der Waals surface area contributed by atoms with Crippen molar-refractivity contribution < 1.29 is 19.1 Å². The molecular weight excluding hydrogens is 296 g/mol. The van der Waals surface area contributed by atoms with Gasteiger partial charge in [0.15, 0.2) is 0 Å². The molecule has 1 aliphatic heterocycles. The molecule has 124 valence electrons. The molecule has 1 aromatic rings. The lowest BCUT2D eigenvalue weighted by Crippen LogP contribution is -2.26. The van der Waals surface area contributed by atoms with Gasteiger partial charge in [-0.05, 0) is 43.5 Å². The second-order valence-electron chi connectivity index (χ2n) is 5.43. The number of nitrogens with zero attached hydrogens (tertiary/aromatic N) is 1. The number of carbonyl (C=O) groups is 3. The molecule has 1 heterocycles. The van der Waals surface area contributed by atoms with E-state index in [1.54, 1.807) is 24.8 Å². The van der Waals surface area contributed by atoms with E-state index in [1.807, 2.05) is 12.1 Å². The van der Waals surface area contributed by atoms with Crippen molar-refractivity contribution in [2.24, 2.45) is 0 Å². The molecule has 0 aliphatic carbocycles. The van der Waals surface area contributed by atoms with Crippen molar-refractivity contribution >= 4 is 23.5 Å². The number of ether oxygens (including phenoxy) is 1. The summed E-state index contributed by atoms with van der Waals surface area (Å²) in [6.07, 6.45) is 1.61. The van der Waals surface area contributed by atoms with Crippen molar-refractivity contribution in [3.8, 4) is 0 Å². The molecule has 0 aromatic heterocycles. The SMILES string of the molecule is CCOC(=O)CCCNC(=O)c1ccc2c(c1)CCN2C(C)=O. The fourth-order valence-corrected chi connectivity index (χ4v) is 2.64. The highest BCUT2D eigenvalue weighted by Gasteiger charge is 2.23. The molecular formula is C17H22N2O4. The Morgan fingerprint density at radius 3 is 2.78 bits per heavy atom. The summed E-state index contributed by atoms with van der Waals surface area (Å²) >= 11 is 0. The minimum Gasteiger partial charge on any atom is -0.466 e. The van der Waals surface area contributed by atoms with Crippen LogP contribution in [0.3, 0.4) is 0 Å². The van der Waals surface area contributed by atoms with Crippen molar-refractivity contribution in [2.75, 3.05) is 24.6 Å². The van der Waals surface area contributed by atoms with Crippen LogP contribution >= 0.6 is 0 Å². The van der Waals surface area contributed by atoms with Gasteiger partial charge in [-0.15, -0.1) is 0 Å². The van der Waals surface area contributed by atoms with Gasteiger partial charge in [0.25, 0.3) is 5.91 Å². The van der Waals surface area contributed by atoms with Crippen LogP contribution in [0.1, 0.15) is 42.6 Å². The number of esters is 1. The van der Waals surface area contributed by atoms with Crippen molar-refractivity contribution in [1.82, 2.24) is 5.32 Å². The van der Waals surface area contributed by atoms with E-state index in [0.717, 1.165) is 17.7 Å². The van der Waals surface area contributed by atoms with E-state index in [-0.39, 0.29) is 17.8 Å². The van der Waals surface area contributed by atoms with Crippen LogP contribution < -0.4 is 10.2 Å². The topological polar surface area (TPSA) is 75.7 Å². The second-order valence-corrected chi connectivity index (χ2v) is 5.43. The Balaban J connectivity index is 1.87. The molecule has 2 amide bonds. The van der Waals surface area contributed by atoms with Gasteiger partial charge in [-0.1, -0.05) is 0 Å². The molecule has 1 N–H and O–H groups in total. The van der Waals surface area contributed by atoms with E-state index < -0.39 is 0 Å². The number of benzene rings is 1. The Morgan fingerprint density at radius 1 is 1.30 bits per heavy atom. The maximum Gasteiger partial charge on any atom is 0.305 e. The van der Waals surface area contributed by atoms with Crippen LogP contribution in [-0.4, -0.2) is 37.5 Å². The molecule has 0 saturated carbocycles. The predicted octanol–water partition coefficient (Wildman–Crippen LogP) is 1.67. The van der Waals surface area contributed by atoms with Gasteiger partial charge in [0.2, 0.25) is 5.91 Å². The standard InChI is InChI=1S/C17H22N2O4/c1-3-23-16(21)5-4-9-18-17(22)14-6-7-15-13(11-14)8-10-19(15)12(2)20/h6-7,11H,3-5,8-10H2,1-2H3,(H,18,22). The third kappa shape index (κ3) is 4.31. The van der Waals surface area contributed by atoms with E-state index in [0.29, 0.717) is 38.1 Å². The average Bonchev–Trinajstić information content (AvgIpc) is 2.94. The predicted molar refractivity (Wildman–Crippen MR) is 86.4 cm³/mol. The molecule has 1 aliphatic rings. The van der Waals surface area contributed by atoms with Gasteiger partial charge in [-0.3, -0.25) is 14.4 Å². The van der Waals surface area contributed by atoms with E-state index in [9.17, 15) is 14.4 Å². The molecule has 6 nitrogen and oxygen atoms in total. The summed E-state index contributed by atoms with van der Waals surface area (Å²) in [6.45, 7) is 4.77. The normalized spacial score (nSPS) is 12.7. The fourth-order valence-electron chi connectivity index (χ4n) is 2.64. The van der Waals surface area contributed by atoms with Gasteiger partial charge in [0.1, 0.15) is 0 Å². The summed E-state index contributed by atoms with van der Waals surface area (Å²) < 4.78 is 4.83. The first-order valence-corrected chi connectivity index (χ1v) is 7.87. The Morgan fingerprint density at radius 2 is 2.09 bits per heavy atom. The number of fused-ring (bicyclic) bond motifs is 1. The van der Waals surface area contributed by atoms with Crippen molar-refractivity contribution in [2.45, 2.75) is 33.1 Å². The van der Waals surface area contributed by atoms with E-state index >= 15 is 0 Å². The molecule has 6 heteroatoms. The maximum absolute atomic E-state index is 12.1. The highest BCUT2D eigenvalue weighted by Crippen LogP contribution is 2.28. The molecule has 0 fully saturated rings. The summed E-state index contributed by atoms with van der Waals surface area (Å²) in [5, 5.41) is 2.79. The minimum absolute atomic E-state index is 0.0138. The highest BCUT2D eigenvalue weighted by atomic mass is 16.5. The summed E-state index contributed by atoms with van der Waals surface area (Å²) in [7, 11) is 0. The van der Waals surface area contributed by atoms with Crippen molar-refractivity contribution in [3.05, 3.63) is 29.3 Å². The number of amides is 2. The maximum atomic E-state index is 12.1. The average molecular weight is 318 g/mol. The lowest BCUT2D eigenvalue weighted by molar-refractivity contribution is -0.143. The third-order valence-corrected chi connectivity index (χ3v) is 3.77. The highest BCUT2D eigenvalue weighted by molar-refractivity contribution is 5.97. The van der Waals surface area contributed by atoms with Gasteiger partial charge < -0.3 is 15.0 Å². The molecule has 0 saturated heterocycles. The summed E-state index contributed by atoms with van der Waals surface area (Å²) in [5.74, 6) is -0.401. The largest absolute Gasteiger partial charge is 0.466 e. The zero-order valence-corrected chi connectivity index (χ0v) is 13.6. The van der Waals surface area contributed by atoms with Crippen LogP contribution in [0.2, 0.25) is 0 Å². The number of rotatable bonds is 6. The zero-order chi connectivity index (χ0) is 16.8. The number of carbonyl (C=O) groups excluding carboxylic acids is 3. The van der Waals surface area contributed by atoms with Gasteiger partial charge in [0, 0.05) is 37.7 Å². The Labute approximate surface area is 135 Å². The third-order valence-electron chi connectivity index (χ3n) is 3.77. The molecule has 0 radical (unpaired) electrons. The smallest absolute Gasteiger partial charge is 0.305 e. The van der Waals surface area contributed by atoms with E-state index in [4.69, 9.17) is 4.74 Å². The van der Waals surface area contributed by atoms with Crippen LogP contribution in [0, 0.1) is 0 Å². The fraction of sp³-hybridized carbons (Fsp3) is 0.471. The van der Waals surface area contributed by atoms with Crippen LogP contribution in [0.15, 0.2) is 18.2 Å². The summed E-state index contributed by atoms with van der Waals surface area (Å²) in [5.41, 5.74) is 2.47. The van der Waals surface area contributed by atoms with Crippen molar-refractivity contribution in [3.63, 3.8) is 0 Å². The lowest BCUT2D eigenvalue weighted by atomic mass is 10.1. The van der Waals surface area contributed by atoms with E-state index in [2.05, 4.69) is 5.32 Å². The summed E-state index contributed by atoms with van der Waals surface area (Å²) in [6, 6.07) is 5.37. The molecule has 0 bridgehead atoms. The van der Waals surface area contributed by atoms with Gasteiger partial charge >= 0.3 is 5.97 Å². The summed E-state index contributed by atoms with van der Waals surface area (Å²) in [4.78, 5) is 36.6. The van der Waals surface area contributed by atoms with Gasteiger partial charge in [0.05, 0.1) is 6.61 Å². The second kappa shape index (κ2) is 7.76. The van der Waals surface area contributed by atoms with Crippen LogP contribution in [0.25, 0.3) is 0 Å². The number of hydrogen-bond donors (Lipinski definition) is 1. The lowest BCUT2D eigenvalue weighted by Gasteiger charge is -2.14. The Hall–Kier alpha value is -2.37. The van der Waals surface area contributed by atoms with Crippen LogP contribution in [0.5, 0.6) is 0 Å². The van der Waals surface area contributed by atoms with E-state index in [1.165, 1.54) is 0 Å². The first-order valence-electron chi connectivity index (χ1n) is 7.87. The molecule has 0 unspecified atom stereocenters. The first-order chi connectivity index (χ1) is 11.0. The molecule has 23 heavy (non-hydrogen) atoms. The number of anilines is 1. The Kier molecular flexibility index (Phi) is 5.73. The van der Waals surface area contributed by atoms with Crippen LogP contribution in [0.4, 0.5) is 5.69 Å². The van der Waals surface area contributed by atoms with Gasteiger partial charge in [-0.2, -0.15) is 0 Å². The Bertz CT molecular complexity index is 613. The quantitative estimate of drug-likeness (QED) is 0.639. The monoisotopic (exact) mass is 318 g/mol. The van der Waals surface area contributed by atoms with Crippen molar-refractivity contribution in [1.29, 1.82) is 0 Å². The minimum atomic E-state index is -0.247. The molecule has 1 aromatic carbocycles. The van der Waals surface area contributed by atoms with Gasteiger partial charge in [-0.25, -0.2) is 0 Å². The first kappa shape index (κ1) is 17.0.